The van der Waals surface area contributed by atoms with Gasteiger partial charge in [-0.05, 0) is 26.2 Å². The van der Waals surface area contributed by atoms with Crippen molar-refractivity contribution in [2.45, 2.75) is 0 Å². The van der Waals surface area contributed by atoms with Crippen LogP contribution in [0.15, 0.2) is 18.2 Å². The topological polar surface area (TPSA) is 32.3 Å². The largest absolute Gasteiger partial charge is 0.351 e. The number of benzene rings is 1. The Morgan fingerprint density at radius 1 is 1.24 bits per heavy atom. The van der Waals surface area contributed by atoms with Gasteiger partial charge in [-0.15, -0.1) is 12.4 Å². The van der Waals surface area contributed by atoms with E-state index in [1.54, 1.807) is 0 Å². The Morgan fingerprint density at radius 3 is 2.24 bits per heavy atom. The second kappa shape index (κ2) is 7.19. The minimum absolute atomic E-state index is 0. The summed E-state index contributed by atoms with van der Waals surface area (Å²) in [5.41, 5.74) is -0.00347. The van der Waals surface area contributed by atoms with E-state index in [1.165, 1.54) is 0 Å². The van der Waals surface area contributed by atoms with Gasteiger partial charge < -0.3 is 10.2 Å². The predicted octanol–water partition coefficient (Wildman–Crippen LogP) is 1.68. The second-order valence-corrected chi connectivity index (χ2v) is 3.72. The SMILES string of the molecule is CN(C)CCNC(=O)c1cc(F)cc(F)c1.Cl. The Kier molecular flexibility index (Phi) is 6.68. The quantitative estimate of drug-likeness (QED) is 0.897. The van der Waals surface area contributed by atoms with Crippen molar-refractivity contribution in [3.8, 4) is 0 Å². The first-order valence-electron chi connectivity index (χ1n) is 4.88. The number of hydrogen-bond acceptors (Lipinski definition) is 2. The number of rotatable bonds is 4. The number of halogens is 3. The Labute approximate surface area is 105 Å². The zero-order valence-electron chi connectivity index (χ0n) is 9.67. The molecule has 0 aromatic heterocycles. The third kappa shape index (κ3) is 5.60. The number of likely N-dealkylation sites (N-methyl/N-ethyl adjacent to an activating group) is 1. The van der Waals surface area contributed by atoms with Crippen molar-refractivity contribution in [3.63, 3.8) is 0 Å². The molecule has 1 aromatic carbocycles. The van der Waals surface area contributed by atoms with Gasteiger partial charge in [0.15, 0.2) is 0 Å². The van der Waals surface area contributed by atoms with Gasteiger partial charge in [0.1, 0.15) is 11.6 Å². The fourth-order valence-corrected chi connectivity index (χ4v) is 1.18. The lowest BCUT2D eigenvalue weighted by molar-refractivity contribution is 0.0950. The highest BCUT2D eigenvalue weighted by Gasteiger charge is 2.08. The number of hydrogen-bond donors (Lipinski definition) is 1. The highest BCUT2D eigenvalue weighted by Crippen LogP contribution is 2.07. The lowest BCUT2D eigenvalue weighted by Crippen LogP contribution is -2.31. The number of carbonyl (C=O) groups excluding carboxylic acids is 1. The van der Waals surface area contributed by atoms with Crippen LogP contribution in [0.1, 0.15) is 10.4 Å². The Hall–Kier alpha value is -1.20. The maximum absolute atomic E-state index is 12.8. The molecule has 0 fully saturated rings. The first kappa shape index (κ1) is 15.8. The molecule has 1 amide bonds. The van der Waals surface area contributed by atoms with Crippen LogP contribution < -0.4 is 5.32 Å². The van der Waals surface area contributed by atoms with Crippen LogP contribution in [0.25, 0.3) is 0 Å². The fourth-order valence-electron chi connectivity index (χ4n) is 1.18. The molecule has 1 N–H and O–H groups in total. The minimum atomic E-state index is -0.752. The summed E-state index contributed by atoms with van der Waals surface area (Å²) in [6.45, 7) is 1.10. The van der Waals surface area contributed by atoms with Crippen molar-refractivity contribution in [1.29, 1.82) is 0 Å². The molecule has 0 radical (unpaired) electrons. The third-order valence-electron chi connectivity index (χ3n) is 1.97. The predicted molar refractivity (Wildman–Crippen MR) is 64.5 cm³/mol. The van der Waals surface area contributed by atoms with Crippen LogP contribution in [-0.4, -0.2) is 38.0 Å². The maximum Gasteiger partial charge on any atom is 0.251 e. The lowest BCUT2D eigenvalue weighted by atomic mass is 10.2. The van der Waals surface area contributed by atoms with Crippen molar-refractivity contribution in [2.24, 2.45) is 0 Å². The average Bonchev–Trinajstić information content (AvgIpc) is 2.15. The summed E-state index contributed by atoms with van der Waals surface area (Å²) in [6, 6.07) is 2.75. The van der Waals surface area contributed by atoms with Crippen molar-refractivity contribution in [2.75, 3.05) is 27.2 Å². The molecule has 0 spiro atoms. The van der Waals surface area contributed by atoms with Crippen LogP contribution in [0.4, 0.5) is 8.78 Å². The van der Waals surface area contributed by atoms with E-state index < -0.39 is 17.5 Å². The van der Waals surface area contributed by atoms with Gasteiger partial charge in [0.25, 0.3) is 5.91 Å². The number of carbonyl (C=O) groups is 1. The van der Waals surface area contributed by atoms with Gasteiger partial charge in [0.05, 0.1) is 0 Å². The molecule has 96 valence electrons. The van der Waals surface area contributed by atoms with Crippen molar-refractivity contribution in [1.82, 2.24) is 10.2 Å². The zero-order chi connectivity index (χ0) is 12.1. The van der Waals surface area contributed by atoms with Gasteiger partial charge in [-0.2, -0.15) is 0 Å². The van der Waals surface area contributed by atoms with Crippen LogP contribution in [-0.2, 0) is 0 Å². The Morgan fingerprint density at radius 2 is 1.76 bits per heavy atom. The average molecular weight is 265 g/mol. The van der Waals surface area contributed by atoms with E-state index in [2.05, 4.69) is 5.32 Å². The zero-order valence-corrected chi connectivity index (χ0v) is 10.5. The van der Waals surface area contributed by atoms with Crippen molar-refractivity contribution in [3.05, 3.63) is 35.4 Å². The molecule has 0 bridgehead atoms. The summed E-state index contributed by atoms with van der Waals surface area (Å²) < 4.78 is 25.6. The summed E-state index contributed by atoms with van der Waals surface area (Å²) >= 11 is 0. The van der Waals surface area contributed by atoms with E-state index in [0.29, 0.717) is 13.1 Å². The van der Waals surface area contributed by atoms with Crippen LogP contribution in [0.2, 0.25) is 0 Å². The molecule has 0 aliphatic rings. The molecule has 0 aliphatic heterocycles. The van der Waals surface area contributed by atoms with Gasteiger partial charge in [-0.25, -0.2) is 8.78 Å². The van der Waals surface area contributed by atoms with Gasteiger partial charge in [-0.3, -0.25) is 4.79 Å². The van der Waals surface area contributed by atoms with Crippen LogP contribution >= 0.6 is 12.4 Å². The van der Waals surface area contributed by atoms with Gasteiger partial charge >= 0.3 is 0 Å². The van der Waals surface area contributed by atoms with Gasteiger partial charge in [-0.1, -0.05) is 0 Å². The number of nitrogens with zero attached hydrogens (tertiary/aromatic N) is 1. The lowest BCUT2D eigenvalue weighted by Gasteiger charge is -2.10. The fraction of sp³-hybridized carbons (Fsp3) is 0.364. The van der Waals surface area contributed by atoms with Crippen molar-refractivity contribution < 1.29 is 13.6 Å². The molecule has 0 unspecified atom stereocenters. The number of nitrogens with one attached hydrogen (secondary N) is 1. The smallest absolute Gasteiger partial charge is 0.251 e. The Bertz CT molecular complexity index is 365. The molecule has 0 aliphatic carbocycles. The van der Waals surface area contributed by atoms with Crippen LogP contribution in [0.3, 0.4) is 0 Å². The maximum atomic E-state index is 12.8. The molecular formula is C11H15ClF2N2O. The van der Waals surface area contributed by atoms with Crippen LogP contribution in [0.5, 0.6) is 0 Å². The minimum Gasteiger partial charge on any atom is -0.351 e. The summed E-state index contributed by atoms with van der Waals surface area (Å²) in [6.07, 6.45) is 0. The first-order valence-corrected chi connectivity index (χ1v) is 4.88. The van der Waals surface area contributed by atoms with Crippen molar-refractivity contribution >= 4 is 18.3 Å². The van der Waals surface area contributed by atoms with E-state index in [9.17, 15) is 13.6 Å². The summed E-state index contributed by atoms with van der Waals surface area (Å²) in [5.74, 6) is -1.98. The van der Waals surface area contributed by atoms with E-state index in [-0.39, 0.29) is 18.0 Å². The van der Waals surface area contributed by atoms with E-state index >= 15 is 0 Å². The highest BCUT2D eigenvalue weighted by molar-refractivity contribution is 5.94. The second-order valence-electron chi connectivity index (χ2n) is 3.72. The van der Waals surface area contributed by atoms with E-state index in [4.69, 9.17) is 0 Å². The third-order valence-corrected chi connectivity index (χ3v) is 1.97. The molecule has 0 saturated heterocycles. The monoisotopic (exact) mass is 264 g/mol. The first-order chi connectivity index (χ1) is 7.49. The Balaban J connectivity index is 0.00000256. The molecule has 17 heavy (non-hydrogen) atoms. The molecule has 0 saturated carbocycles. The van der Waals surface area contributed by atoms with Gasteiger partial charge in [0, 0.05) is 24.7 Å². The summed E-state index contributed by atoms with van der Waals surface area (Å²) in [4.78, 5) is 13.4. The molecule has 0 atom stereocenters. The molecule has 6 heteroatoms. The molecule has 1 aromatic rings. The standard InChI is InChI=1S/C11H14F2N2O.ClH/c1-15(2)4-3-14-11(16)8-5-9(12)7-10(13)6-8;/h5-7H,3-4H2,1-2H3,(H,14,16);1H. The number of amides is 1. The summed E-state index contributed by atoms with van der Waals surface area (Å²) in [7, 11) is 3.74. The summed E-state index contributed by atoms with van der Waals surface area (Å²) in [5, 5.41) is 2.57. The normalized spacial score (nSPS) is 9.94. The van der Waals surface area contributed by atoms with E-state index in [0.717, 1.165) is 18.2 Å². The molecule has 1 rings (SSSR count). The van der Waals surface area contributed by atoms with Gasteiger partial charge in [0.2, 0.25) is 0 Å². The van der Waals surface area contributed by atoms with E-state index in [1.807, 2.05) is 19.0 Å². The van der Waals surface area contributed by atoms with Crippen LogP contribution in [0, 0.1) is 11.6 Å². The molecule has 0 heterocycles. The highest BCUT2D eigenvalue weighted by atomic mass is 35.5. The molecule has 3 nitrogen and oxygen atoms in total. The molecular weight excluding hydrogens is 250 g/mol.